The van der Waals surface area contributed by atoms with Gasteiger partial charge in [0.1, 0.15) is 5.82 Å². The quantitative estimate of drug-likeness (QED) is 0.750. The minimum atomic E-state index is 0.627. The Hall–Kier alpha value is -1.35. The van der Waals surface area contributed by atoms with E-state index < -0.39 is 0 Å². The Bertz CT molecular complexity index is 426. The van der Waals surface area contributed by atoms with Crippen molar-refractivity contribution >= 4 is 12.2 Å². The van der Waals surface area contributed by atoms with Gasteiger partial charge in [0.2, 0.25) is 0 Å². The highest BCUT2D eigenvalue weighted by atomic mass is 14.9. The third kappa shape index (κ3) is 3.36. The molecule has 1 heterocycles. The van der Waals surface area contributed by atoms with Crippen LogP contribution in [0.3, 0.4) is 0 Å². The minimum Gasteiger partial charge on any atom is -0.342 e. The van der Waals surface area contributed by atoms with Crippen LogP contribution in [-0.2, 0) is 6.42 Å². The van der Waals surface area contributed by atoms with Gasteiger partial charge in [-0.25, -0.2) is 4.98 Å². The zero-order chi connectivity index (χ0) is 11.1. The standard InChI is InChI=1S/C12H19N3/c1-3-5-7-11-10(6-4-2)14-12(15-11)8-9-13/h3,5-7H,4,8-9,13H2,1-2H3,(H,14,15)/b5-3-,10-6+,11-7+. The SMILES string of the molecule is C\C=C/C=c1/[nH]c(CCN)n/c1=C/CC. The van der Waals surface area contributed by atoms with Gasteiger partial charge in [0.25, 0.3) is 0 Å². The van der Waals surface area contributed by atoms with Crippen LogP contribution in [0.1, 0.15) is 26.1 Å². The average Bonchev–Trinajstić information content (AvgIpc) is 2.59. The fraction of sp³-hybridized carbons (Fsp3) is 0.417. The van der Waals surface area contributed by atoms with E-state index in [-0.39, 0.29) is 0 Å². The highest BCUT2D eigenvalue weighted by molar-refractivity contribution is 5.35. The molecule has 3 nitrogen and oxygen atoms in total. The first-order valence-electron chi connectivity index (χ1n) is 5.40. The number of nitrogens with zero attached hydrogens (tertiary/aromatic N) is 1. The molecule has 0 amide bonds. The molecule has 1 rings (SSSR count). The summed E-state index contributed by atoms with van der Waals surface area (Å²) in [4.78, 5) is 7.76. The monoisotopic (exact) mass is 205 g/mol. The zero-order valence-electron chi connectivity index (χ0n) is 9.46. The van der Waals surface area contributed by atoms with Crippen LogP contribution in [0.15, 0.2) is 12.2 Å². The number of nitrogens with two attached hydrogens (primary N) is 1. The number of hydrogen-bond donors (Lipinski definition) is 2. The van der Waals surface area contributed by atoms with Crippen molar-refractivity contribution < 1.29 is 0 Å². The van der Waals surface area contributed by atoms with Gasteiger partial charge in [-0.1, -0.05) is 25.2 Å². The molecule has 0 aliphatic rings. The Morgan fingerprint density at radius 3 is 2.87 bits per heavy atom. The number of H-pyrrole nitrogens is 1. The van der Waals surface area contributed by atoms with E-state index in [4.69, 9.17) is 5.73 Å². The molecule has 0 unspecified atom stereocenters. The molecule has 0 aliphatic heterocycles. The molecular weight excluding hydrogens is 186 g/mol. The van der Waals surface area contributed by atoms with Crippen molar-refractivity contribution in [1.29, 1.82) is 0 Å². The normalized spacial score (nSPS) is 14.3. The lowest BCUT2D eigenvalue weighted by Gasteiger charge is -1.87. The molecule has 0 fully saturated rings. The summed E-state index contributed by atoms with van der Waals surface area (Å²) in [6, 6.07) is 0. The van der Waals surface area contributed by atoms with Crippen molar-refractivity contribution in [3.63, 3.8) is 0 Å². The van der Waals surface area contributed by atoms with E-state index in [1.807, 2.05) is 25.2 Å². The van der Waals surface area contributed by atoms with Gasteiger partial charge in [-0.2, -0.15) is 0 Å². The molecule has 0 bridgehead atoms. The van der Waals surface area contributed by atoms with Gasteiger partial charge in [0.15, 0.2) is 0 Å². The maximum Gasteiger partial charge on any atom is 0.108 e. The zero-order valence-corrected chi connectivity index (χ0v) is 9.46. The van der Waals surface area contributed by atoms with Gasteiger partial charge in [-0.05, 0) is 26.0 Å². The number of allylic oxidation sites excluding steroid dienone is 2. The lowest BCUT2D eigenvalue weighted by molar-refractivity contribution is 0.889. The first-order valence-corrected chi connectivity index (χ1v) is 5.40. The molecule has 15 heavy (non-hydrogen) atoms. The summed E-state index contributed by atoms with van der Waals surface area (Å²) in [6.45, 7) is 4.73. The molecule has 0 radical (unpaired) electrons. The second-order valence-corrected chi connectivity index (χ2v) is 3.33. The third-order valence-corrected chi connectivity index (χ3v) is 2.04. The predicted octanol–water partition coefficient (Wildman–Crippen LogP) is 0.458. The number of nitrogens with one attached hydrogen (secondary N) is 1. The summed E-state index contributed by atoms with van der Waals surface area (Å²) in [5.74, 6) is 0.966. The van der Waals surface area contributed by atoms with Crippen molar-refractivity contribution in [2.75, 3.05) is 6.54 Å². The van der Waals surface area contributed by atoms with Crippen LogP contribution in [0.4, 0.5) is 0 Å². The maximum absolute atomic E-state index is 5.50. The molecule has 0 saturated heterocycles. The van der Waals surface area contributed by atoms with Crippen molar-refractivity contribution in [1.82, 2.24) is 9.97 Å². The van der Waals surface area contributed by atoms with Gasteiger partial charge in [0, 0.05) is 6.42 Å². The van der Waals surface area contributed by atoms with E-state index in [9.17, 15) is 0 Å². The minimum absolute atomic E-state index is 0.627. The van der Waals surface area contributed by atoms with Crippen LogP contribution < -0.4 is 16.4 Å². The average molecular weight is 205 g/mol. The van der Waals surface area contributed by atoms with E-state index >= 15 is 0 Å². The van der Waals surface area contributed by atoms with Crippen molar-refractivity contribution in [2.24, 2.45) is 5.73 Å². The van der Waals surface area contributed by atoms with Gasteiger partial charge >= 0.3 is 0 Å². The number of rotatable bonds is 4. The molecule has 82 valence electrons. The highest BCUT2D eigenvalue weighted by Crippen LogP contribution is 1.82. The van der Waals surface area contributed by atoms with Crippen LogP contribution >= 0.6 is 0 Å². The summed E-state index contributed by atoms with van der Waals surface area (Å²) in [5, 5.41) is 2.09. The number of aromatic nitrogens is 2. The summed E-state index contributed by atoms with van der Waals surface area (Å²) < 4.78 is 0. The Kier molecular flexibility index (Phi) is 4.84. The topological polar surface area (TPSA) is 54.7 Å². The number of hydrogen-bond acceptors (Lipinski definition) is 2. The second-order valence-electron chi connectivity index (χ2n) is 3.33. The summed E-state index contributed by atoms with van der Waals surface area (Å²) in [6.07, 6.45) is 9.95. The molecule has 0 saturated carbocycles. The van der Waals surface area contributed by atoms with E-state index in [0.29, 0.717) is 6.54 Å². The molecule has 0 atom stereocenters. The van der Waals surface area contributed by atoms with E-state index in [1.165, 1.54) is 0 Å². The van der Waals surface area contributed by atoms with Gasteiger partial charge in [0.05, 0.1) is 10.7 Å². The summed E-state index contributed by atoms with van der Waals surface area (Å²) >= 11 is 0. The largest absolute Gasteiger partial charge is 0.342 e. The molecule has 3 N–H and O–H groups in total. The Balaban J connectivity index is 3.17. The molecular formula is C12H19N3. The summed E-state index contributed by atoms with van der Waals surface area (Å²) in [7, 11) is 0. The van der Waals surface area contributed by atoms with Crippen LogP contribution in [0.5, 0.6) is 0 Å². The van der Waals surface area contributed by atoms with E-state index in [0.717, 1.165) is 29.4 Å². The molecule has 1 aromatic rings. The lowest BCUT2D eigenvalue weighted by Crippen LogP contribution is -2.23. The van der Waals surface area contributed by atoms with Crippen molar-refractivity contribution in [3.05, 3.63) is 28.7 Å². The molecule has 0 spiro atoms. The third-order valence-electron chi connectivity index (χ3n) is 2.04. The van der Waals surface area contributed by atoms with Crippen LogP contribution in [0.25, 0.3) is 12.2 Å². The molecule has 1 aromatic heterocycles. The summed E-state index contributed by atoms with van der Waals surface area (Å²) in [5.41, 5.74) is 5.50. The lowest BCUT2D eigenvalue weighted by atomic mass is 10.4. The van der Waals surface area contributed by atoms with Gasteiger partial charge < -0.3 is 10.7 Å². The van der Waals surface area contributed by atoms with E-state index in [2.05, 4.69) is 23.0 Å². The fourth-order valence-corrected chi connectivity index (χ4v) is 1.38. The Labute approximate surface area is 90.4 Å². The fourth-order valence-electron chi connectivity index (χ4n) is 1.38. The highest BCUT2D eigenvalue weighted by Gasteiger charge is 1.96. The smallest absolute Gasteiger partial charge is 0.108 e. The van der Waals surface area contributed by atoms with E-state index in [1.54, 1.807) is 0 Å². The second kappa shape index (κ2) is 6.19. The van der Waals surface area contributed by atoms with Crippen LogP contribution in [-0.4, -0.2) is 16.5 Å². The number of aromatic amines is 1. The first-order chi connectivity index (χ1) is 7.31. The van der Waals surface area contributed by atoms with Crippen LogP contribution in [0, 0.1) is 0 Å². The molecule has 0 aromatic carbocycles. The first kappa shape index (κ1) is 11.7. The molecule has 3 heteroatoms. The van der Waals surface area contributed by atoms with Crippen molar-refractivity contribution in [2.45, 2.75) is 26.7 Å². The number of imidazole rings is 1. The Morgan fingerprint density at radius 2 is 2.27 bits per heavy atom. The Morgan fingerprint density at radius 1 is 1.47 bits per heavy atom. The van der Waals surface area contributed by atoms with Gasteiger partial charge in [-0.15, -0.1) is 0 Å². The maximum atomic E-state index is 5.50. The van der Waals surface area contributed by atoms with Crippen molar-refractivity contribution in [3.8, 4) is 0 Å². The predicted molar refractivity (Wildman–Crippen MR) is 64.6 cm³/mol. The molecule has 0 aliphatic carbocycles. The van der Waals surface area contributed by atoms with Crippen LogP contribution in [0.2, 0.25) is 0 Å². The van der Waals surface area contributed by atoms with Gasteiger partial charge in [-0.3, -0.25) is 0 Å².